The quantitative estimate of drug-likeness (QED) is 0.203. The van der Waals surface area contributed by atoms with E-state index in [4.69, 9.17) is 0 Å². The Hall–Kier alpha value is -4.20. The number of nitrogens with one attached hydrogen (secondary N) is 2. The average Bonchev–Trinajstić information content (AvgIpc) is 2.94. The lowest BCUT2D eigenvalue weighted by atomic mass is 9.97. The Morgan fingerprint density at radius 1 is 0.628 bits per heavy atom. The van der Waals surface area contributed by atoms with Crippen molar-refractivity contribution in [2.75, 3.05) is 45.9 Å². The first kappa shape index (κ1) is 31.7. The zero-order valence-electron chi connectivity index (χ0n) is 26.8. The summed E-state index contributed by atoms with van der Waals surface area (Å²) in [6.45, 7) is 6.93. The summed E-state index contributed by atoms with van der Waals surface area (Å²) in [5.41, 5.74) is 9.26. The number of hydrogen-bond acceptors (Lipinski definition) is 2. The molecule has 1 radical (unpaired) electrons. The topological polar surface area (TPSA) is 58.2 Å². The molecule has 4 aromatic rings. The minimum atomic E-state index is -0.130. The molecule has 0 fully saturated rings. The van der Waals surface area contributed by atoms with Crippen LogP contribution < -0.4 is 10.6 Å². The summed E-state index contributed by atoms with van der Waals surface area (Å²) in [6.07, 6.45) is 0.943. The number of quaternary nitrogens is 2. The van der Waals surface area contributed by atoms with Gasteiger partial charge in [0.25, 0.3) is 11.8 Å². The van der Waals surface area contributed by atoms with E-state index in [1.165, 1.54) is 11.1 Å². The van der Waals surface area contributed by atoms with Gasteiger partial charge in [-0.15, -0.1) is 0 Å². The van der Waals surface area contributed by atoms with Crippen LogP contribution in [0.1, 0.15) is 49.9 Å². The largest absolute Gasteiger partial charge is 0.791 e. The van der Waals surface area contributed by atoms with Crippen LogP contribution in [0.25, 0.3) is 11.1 Å². The zero-order chi connectivity index (χ0) is 31.4. The predicted octanol–water partition coefficient (Wildman–Crippen LogP) is 6.85. The van der Waals surface area contributed by atoms with Crippen LogP contribution in [0.15, 0.2) is 84.9 Å². The summed E-state index contributed by atoms with van der Waals surface area (Å²) >= 11 is 0. The molecule has 0 aliphatic carbocycles. The Morgan fingerprint density at radius 3 is 1.42 bits per heavy atom. The Kier molecular flexibility index (Phi) is 9.58. The van der Waals surface area contributed by atoms with Crippen molar-refractivity contribution in [2.24, 2.45) is 0 Å². The minimum Gasteiger partial charge on any atom is -0.337 e. The number of hydrogen-bond donors (Lipinski definition) is 2. The molecule has 0 unspecified atom stereocenters. The number of anilines is 2. The highest BCUT2D eigenvalue weighted by molar-refractivity contribution is 6.16. The molecule has 0 aliphatic rings. The van der Waals surface area contributed by atoms with Gasteiger partial charge in [0, 0.05) is 28.1 Å². The highest BCUT2D eigenvalue weighted by Crippen LogP contribution is 2.29. The number of nitrogens with zero attached hydrogens (tertiary/aromatic N) is 2. The number of aryl methyl sites for hydroxylation is 3. The van der Waals surface area contributed by atoms with Crippen molar-refractivity contribution in [3.63, 3.8) is 0 Å². The fourth-order valence-corrected chi connectivity index (χ4v) is 5.46. The molecule has 7 heteroatoms. The van der Waals surface area contributed by atoms with Crippen LogP contribution in [0.5, 0.6) is 0 Å². The van der Waals surface area contributed by atoms with E-state index in [9.17, 15) is 9.59 Å². The average molecular weight is 576 g/mol. The van der Waals surface area contributed by atoms with E-state index < -0.39 is 0 Å². The number of carbonyl (C=O) groups excluding carboxylic acids is 2. The van der Waals surface area contributed by atoms with Gasteiger partial charge < -0.3 is 19.4 Å². The summed E-state index contributed by atoms with van der Waals surface area (Å²) in [4.78, 5) is 25.8. The van der Waals surface area contributed by atoms with Gasteiger partial charge in [-0.05, 0) is 96.6 Å². The lowest BCUT2D eigenvalue weighted by Crippen LogP contribution is -2.56. The zero-order valence-corrected chi connectivity index (χ0v) is 26.8. The maximum atomic E-state index is 13.1. The van der Waals surface area contributed by atoms with Crippen molar-refractivity contribution in [3.05, 3.63) is 118 Å². The number of amides is 2. The standard InChI is InChI=1S/C36H44BN4O2/c1-9-27-10-14-29(15-11-27)35(42)38-33-20-18-31(22-25(33)2)32-19-21-34(26(3)23-32)39-36(43)30-16-12-28(13-17-30)24-41(7,8)37-40(4,5)6/h10-23H,9,24H2,1-8H3,(H,38,42)(H,39,43)/q+2. The van der Waals surface area contributed by atoms with Crippen LogP contribution in [-0.4, -0.2) is 63.4 Å². The summed E-state index contributed by atoms with van der Waals surface area (Å²) in [5.74, 6) is -0.250. The Morgan fingerprint density at radius 2 is 1.05 bits per heavy atom. The molecule has 0 heterocycles. The van der Waals surface area contributed by atoms with Crippen LogP contribution in [-0.2, 0) is 13.0 Å². The van der Waals surface area contributed by atoms with Crippen LogP contribution in [0.2, 0.25) is 0 Å². The molecule has 43 heavy (non-hydrogen) atoms. The molecule has 221 valence electrons. The molecular formula is C36H44BN4O2+2. The molecule has 0 atom stereocenters. The van der Waals surface area contributed by atoms with E-state index >= 15 is 0 Å². The highest BCUT2D eigenvalue weighted by Gasteiger charge is 2.36. The maximum absolute atomic E-state index is 13.1. The number of rotatable bonds is 10. The monoisotopic (exact) mass is 575 g/mol. The van der Waals surface area contributed by atoms with Crippen molar-refractivity contribution >= 4 is 30.7 Å². The van der Waals surface area contributed by atoms with Gasteiger partial charge in [0.15, 0.2) is 0 Å². The normalized spacial score (nSPS) is 11.6. The molecule has 4 aromatic carbocycles. The molecule has 6 nitrogen and oxygen atoms in total. The van der Waals surface area contributed by atoms with Gasteiger partial charge in [-0.2, -0.15) is 0 Å². The molecule has 2 N–H and O–H groups in total. The molecule has 0 spiro atoms. The van der Waals surface area contributed by atoms with Gasteiger partial charge >= 0.3 is 7.55 Å². The third-order valence-electron chi connectivity index (χ3n) is 7.37. The third kappa shape index (κ3) is 8.66. The highest BCUT2D eigenvalue weighted by atomic mass is 16.2. The molecule has 4 rings (SSSR count). The lowest BCUT2D eigenvalue weighted by molar-refractivity contribution is -0.888. The fraction of sp³-hybridized carbons (Fsp3) is 0.278. The fourth-order valence-electron chi connectivity index (χ4n) is 5.46. The minimum absolute atomic E-state index is 0.120. The second-order valence-electron chi connectivity index (χ2n) is 12.9. The first-order chi connectivity index (χ1) is 20.2. The van der Waals surface area contributed by atoms with E-state index in [1.807, 2.05) is 86.6 Å². The Bertz CT molecular complexity index is 1600. The molecular weight excluding hydrogens is 531 g/mol. The summed E-state index contributed by atoms with van der Waals surface area (Å²) in [5, 5.41) is 6.10. The second kappa shape index (κ2) is 13.0. The van der Waals surface area contributed by atoms with E-state index in [0.717, 1.165) is 55.4 Å². The smallest absolute Gasteiger partial charge is 0.337 e. The number of benzene rings is 4. The van der Waals surface area contributed by atoms with Crippen molar-refractivity contribution in [1.29, 1.82) is 0 Å². The second-order valence-corrected chi connectivity index (χ2v) is 12.9. The van der Waals surface area contributed by atoms with Gasteiger partial charge in [-0.3, -0.25) is 9.59 Å². The van der Waals surface area contributed by atoms with Crippen molar-refractivity contribution < 1.29 is 18.4 Å². The van der Waals surface area contributed by atoms with Crippen molar-refractivity contribution in [3.8, 4) is 11.1 Å². The van der Waals surface area contributed by atoms with Gasteiger partial charge in [-0.25, -0.2) is 0 Å². The summed E-state index contributed by atoms with van der Waals surface area (Å²) in [6, 6.07) is 27.6. The Labute approximate surface area is 257 Å². The molecule has 0 saturated carbocycles. The van der Waals surface area contributed by atoms with Crippen molar-refractivity contribution in [1.82, 2.24) is 0 Å². The SMILES string of the molecule is CCc1ccc(C(=O)Nc2ccc(-c3ccc(NC(=O)c4ccc(C[N+](C)(C)[B][N+](C)(C)C)cc4)c(C)c3)cc2C)cc1. The van der Waals surface area contributed by atoms with E-state index in [2.05, 4.69) is 72.5 Å². The Balaban J connectivity index is 1.40. The molecule has 0 aliphatic heterocycles. The van der Waals surface area contributed by atoms with E-state index in [0.29, 0.717) is 11.1 Å². The first-order valence-electron chi connectivity index (χ1n) is 14.8. The summed E-state index contributed by atoms with van der Waals surface area (Å²) in [7, 11) is 13.1. The predicted molar refractivity (Wildman–Crippen MR) is 179 cm³/mol. The summed E-state index contributed by atoms with van der Waals surface area (Å²) < 4.78 is 1.51. The van der Waals surface area contributed by atoms with Gasteiger partial charge in [0.1, 0.15) is 0 Å². The first-order valence-corrected chi connectivity index (χ1v) is 14.8. The lowest BCUT2D eigenvalue weighted by Gasteiger charge is -2.32. The maximum Gasteiger partial charge on any atom is 0.791 e. The van der Waals surface area contributed by atoms with Crippen LogP contribution in [0.4, 0.5) is 11.4 Å². The third-order valence-corrected chi connectivity index (χ3v) is 7.37. The molecule has 0 bridgehead atoms. The van der Waals surface area contributed by atoms with Crippen molar-refractivity contribution in [2.45, 2.75) is 33.7 Å². The van der Waals surface area contributed by atoms with Crippen LogP contribution >= 0.6 is 0 Å². The van der Waals surface area contributed by atoms with E-state index in [-0.39, 0.29) is 11.8 Å². The number of carbonyl (C=O) groups is 2. The van der Waals surface area contributed by atoms with Gasteiger partial charge in [-0.1, -0.05) is 43.3 Å². The van der Waals surface area contributed by atoms with E-state index in [1.54, 1.807) is 0 Å². The van der Waals surface area contributed by atoms with Crippen LogP contribution in [0.3, 0.4) is 0 Å². The van der Waals surface area contributed by atoms with Crippen LogP contribution in [0, 0.1) is 13.8 Å². The van der Waals surface area contributed by atoms with Gasteiger partial charge in [0.05, 0.1) is 41.8 Å². The molecule has 2 amide bonds. The molecule has 0 saturated heterocycles. The molecule has 0 aromatic heterocycles. The van der Waals surface area contributed by atoms with Gasteiger partial charge in [0.2, 0.25) is 0 Å².